The molecule has 1 aromatic rings. The van der Waals surface area contributed by atoms with Crippen molar-refractivity contribution in [3.8, 4) is 5.75 Å². The molecule has 0 atom stereocenters. The highest BCUT2D eigenvalue weighted by molar-refractivity contribution is 5.81. The highest BCUT2D eigenvalue weighted by Crippen LogP contribution is 2.45. The van der Waals surface area contributed by atoms with Gasteiger partial charge in [0.05, 0.1) is 5.41 Å². The second-order valence-corrected chi connectivity index (χ2v) is 6.35. The minimum Gasteiger partial charge on any atom is -0.483 e. The van der Waals surface area contributed by atoms with Crippen LogP contribution in [-0.2, 0) is 9.59 Å². The Labute approximate surface area is 130 Å². The molecule has 0 spiro atoms. The molecule has 2 rings (SSSR count). The fourth-order valence-electron chi connectivity index (χ4n) is 2.32. The summed E-state index contributed by atoms with van der Waals surface area (Å²) in [5.41, 5.74) is 1.38. The number of amides is 1. The molecule has 1 amide bonds. The highest BCUT2D eigenvalue weighted by Gasteiger charge is 2.50. The Morgan fingerprint density at radius 3 is 2.59 bits per heavy atom. The Bertz CT molecular complexity index is 576. The lowest BCUT2D eigenvalue weighted by atomic mass is 10.0. The van der Waals surface area contributed by atoms with Crippen LogP contribution >= 0.6 is 0 Å². The van der Waals surface area contributed by atoms with E-state index >= 15 is 0 Å². The van der Waals surface area contributed by atoms with Crippen LogP contribution in [0.2, 0.25) is 0 Å². The monoisotopic (exact) mass is 305 g/mol. The second kappa shape index (κ2) is 6.38. The molecule has 0 heterocycles. The third kappa shape index (κ3) is 3.78. The smallest absolute Gasteiger partial charge is 0.311 e. The van der Waals surface area contributed by atoms with Crippen molar-refractivity contribution in [2.24, 2.45) is 5.41 Å². The van der Waals surface area contributed by atoms with E-state index < -0.39 is 11.4 Å². The number of carboxylic acid groups (broad SMARTS) is 1. The predicted molar refractivity (Wildman–Crippen MR) is 83.1 cm³/mol. The van der Waals surface area contributed by atoms with Gasteiger partial charge in [0.25, 0.3) is 5.91 Å². The van der Waals surface area contributed by atoms with E-state index in [-0.39, 0.29) is 19.1 Å². The first-order valence-corrected chi connectivity index (χ1v) is 7.57. The molecule has 22 heavy (non-hydrogen) atoms. The normalized spacial score (nSPS) is 15.5. The number of aliphatic carboxylic acids is 1. The maximum atomic E-state index is 11.9. The lowest BCUT2D eigenvalue weighted by Gasteiger charge is -2.15. The summed E-state index contributed by atoms with van der Waals surface area (Å²) >= 11 is 0. The number of carbonyl (C=O) groups is 2. The average molecular weight is 305 g/mol. The van der Waals surface area contributed by atoms with E-state index in [0.717, 1.165) is 11.1 Å². The summed E-state index contributed by atoms with van der Waals surface area (Å²) in [6.07, 6.45) is 1.25. The van der Waals surface area contributed by atoms with Gasteiger partial charge in [0.2, 0.25) is 0 Å². The second-order valence-electron chi connectivity index (χ2n) is 6.35. The molecule has 1 aliphatic carbocycles. The Morgan fingerprint density at radius 2 is 2.05 bits per heavy atom. The zero-order chi connectivity index (χ0) is 16.3. The summed E-state index contributed by atoms with van der Waals surface area (Å²) in [6, 6.07) is 5.95. The first kappa shape index (κ1) is 16.3. The van der Waals surface area contributed by atoms with E-state index in [4.69, 9.17) is 9.84 Å². The van der Waals surface area contributed by atoms with Crippen LogP contribution in [0.4, 0.5) is 0 Å². The Morgan fingerprint density at radius 1 is 1.36 bits per heavy atom. The largest absolute Gasteiger partial charge is 0.483 e. The third-order valence-electron chi connectivity index (χ3n) is 4.08. The SMILES string of the molecule is Cc1ccc(C(C)C)c(OCC(=O)NCC2(C(=O)O)CC2)c1. The molecule has 2 N–H and O–H groups in total. The molecule has 0 saturated heterocycles. The van der Waals surface area contributed by atoms with Crippen LogP contribution in [0, 0.1) is 12.3 Å². The van der Waals surface area contributed by atoms with Gasteiger partial charge in [-0.3, -0.25) is 9.59 Å². The Kier molecular flexibility index (Phi) is 4.74. The van der Waals surface area contributed by atoms with Crippen LogP contribution in [0.15, 0.2) is 18.2 Å². The number of nitrogens with one attached hydrogen (secondary N) is 1. The molecule has 5 nitrogen and oxygen atoms in total. The molecule has 1 fully saturated rings. The molecule has 0 radical (unpaired) electrons. The number of aryl methyl sites for hydroxylation is 1. The van der Waals surface area contributed by atoms with Gasteiger partial charge >= 0.3 is 5.97 Å². The maximum absolute atomic E-state index is 11.9. The molecule has 0 aromatic heterocycles. The first-order chi connectivity index (χ1) is 10.3. The van der Waals surface area contributed by atoms with Crippen molar-refractivity contribution >= 4 is 11.9 Å². The van der Waals surface area contributed by atoms with E-state index in [1.54, 1.807) is 0 Å². The van der Waals surface area contributed by atoms with Gasteiger partial charge in [0, 0.05) is 6.54 Å². The number of hydrogen-bond acceptors (Lipinski definition) is 3. The molecule has 1 aliphatic rings. The summed E-state index contributed by atoms with van der Waals surface area (Å²) in [5.74, 6) is -0.108. The van der Waals surface area contributed by atoms with Gasteiger partial charge in [-0.2, -0.15) is 0 Å². The highest BCUT2D eigenvalue weighted by atomic mass is 16.5. The summed E-state index contributed by atoms with van der Waals surface area (Å²) in [6.45, 7) is 6.19. The zero-order valence-corrected chi connectivity index (χ0v) is 13.3. The van der Waals surface area contributed by atoms with E-state index in [1.807, 2.05) is 25.1 Å². The lowest BCUT2D eigenvalue weighted by molar-refractivity contribution is -0.143. The average Bonchev–Trinajstić information content (AvgIpc) is 3.24. The lowest BCUT2D eigenvalue weighted by Crippen LogP contribution is -2.36. The topological polar surface area (TPSA) is 75.6 Å². The number of carbonyl (C=O) groups excluding carboxylic acids is 1. The van der Waals surface area contributed by atoms with Crippen molar-refractivity contribution in [2.45, 2.75) is 39.5 Å². The van der Waals surface area contributed by atoms with Gasteiger partial charge < -0.3 is 15.2 Å². The number of rotatable bonds is 7. The fraction of sp³-hybridized carbons (Fsp3) is 0.529. The molecule has 1 aromatic carbocycles. The molecule has 0 bridgehead atoms. The van der Waals surface area contributed by atoms with Gasteiger partial charge in [-0.1, -0.05) is 26.0 Å². The van der Waals surface area contributed by atoms with E-state index in [9.17, 15) is 9.59 Å². The van der Waals surface area contributed by atoms with Gasteiger partial charge in [-0.15, -0.1) is 0 Å². The van der Waals surface area contributed by atoms with Crippen molar-refractivity contribution in [1.82, 2.24) is 5.32 Å². The first-order valence-electron chi connectivity index (χ1n) is 7.57. The molecule has 5 heteroatoms. The number of ether oxygens (including phenoxy) is 1. The fourth-order valence-corrected chi connectivity index (χ4v) is 2.32. The molecular weight excluding hydrogens is 282 g/mol. The van der Waals surface area contributed by atoms with E-state index in [1.165, 1.54) is 0 Å². The van der Waals surface area contributed by atoms with Crippen LogP contribution in [0.1, 0.15) is 43.7 Å². The van der Waals surface area contributed by atoms with E-state index in [2.05, 4.69) is 19.2 Å². The van der Waals surface area contributed by atoms with E-state index in [0.29, 0.717) is 24.5 Å². The standard InChI is InChI=1S/C17H23NO4/c1-11(2)13-5-4-12(3)8-14(13)22-9-15(19)18-10-17(6-7-17)16(20)21/h4-5,8,11H,6-7,9-10H2,1-3H3,(H,18,19)(H,20,21). The van der Waals surface area contributed by atoms with Crippen LogP contribution < -0.4 is 10.1 Å². The van der Waals surface area contributed by atoms with Crippen LogP contribution in [-0.4, -0.2) is 30.1 Å². The quantitative estimate of drug-likeness (QED) is 0.811. The summed E-state index contributed by atoms with van der Waals surface area (Å²) in [7, 11) is 0. The van der Waals surface area contributed by atoms with Crippen molar-refractivity contribution in [3.05, 3.63) is 29.3 Å². The Balaban J connectivity index is 1.89. The third-order valence-corrected chi connectivity index (χ3v) is 4.08. The van der Waals surface area contributed by atoms with Gasteiger partial charge in [-0.25, -0.2) is 0 Å². The number of benzene rings is 1. The maximum Gasteiger partial charge on any atom is 0.311 e. The minimum atomic E-state index is -0.838. The van der Waals surface area contributed by atoms with Crippen molar-refractivity contribution in [1.29, 1.82) is 0 Å². The van der Waals surface area contributed by atoms with Gasteiger partial charge in [0.15, 0.2) is 6.61 Å². The van der Waals surface area contributed by atoms with Gasteiger partial charge in [-0.05, 0) is 42.9 Å². The number of hydrogen-bond donors (Lipinski definition) is 2. The summed E-state index contributed by atoms with van der Waals surface area (Å²) in [4.78, 5) is 22.9. The molecular formula is C17H23NO4. The van der Waals surface area contributed by atoms with Crippen molar-refractivity contribution < 1.29 is 19.4 Å². The van der Waals surface area contributed by atoms with Crippen LogP contribution in [0.25, 0.3) is 0 Å². The number of carboxylic acids is 1. The minimum absolute atomic E-state index is 0.0983. The zero-order valence-electron chi connectivity index (χ0n) is 13.3. The summed E-state index contributed by atoms with van der Waals surface area (Å²) in [5, 5.41) is 11.7. The van der Waals surface area contributed by atoms with Crippen molar-refractivity contribution in [2.75, 3.05) is 13.2 Å². The van der Waals surface area contributed by atoms with Crippen molar-refractivity contribution in [3.63, 3.8) is 0 Å². The van der Waals surface area contributed by atoms with Crippen LogP contribution in [0.3, 0.4) is 0 Å². The van der Waals surface area contributed by atoms with Crippen LogP contribution in [0.5, 0.6) is 5.75 Å². The molecule has 120 valence electrons. The van der Waals surface area contributed by atoms with Gasteiger partial charge in [0.1, 0.15) is 5.75 Å². The molecule has 0 unspecified atom stereocenters. The molecule has 1 saturated carbocycles. The molecule has 0 aliphatic heterocycles. The Hall–Kier alpha value is -2.04. The summed E-state index contributed by atoms with van der Waals surface area (Å²) < 4.78 is 5.63. The predicted octanol–water partition coefficient (Wildman–Crippen LogP) is 2.48.